The van der Waals surface area contributed by atoms with Crippen molar-refractivity contribution >= 4 is 10.4 Å². The highest BCUT2D eigenvalue weighted by atomic mass is 32.3. The fraction of sp³-hybridized carbons (Fsp3) is 0.667. The smallest absolute Gasteiger partial charge is 0.400 e. The van der Waals surface area contributed by atoms with Crippen molar-refractivity contribution in [2.45, 2.75) is 58.7 Å². The Morgan fingerprint density at radius 1 is 0.920 bits per heavy atom. The molecule has 1 atom stereocenters. The summed E-state index contributed by atoms with van der Waals surface area (Å²) in [5.41, 5.74) is 0. The Kier molecular flexibility index (Phi) is 11.5. The van der Waals surface area contributed by atoms with E-state index in [-0.39, 0.29) is 13.2 Å². The molecule has 0 amide bonds. The SMILES string of the molecule is CCCCCCCCOS(=O)(=O)OCC(OCC)Oc1ccccc1. The van der Waals surface area contributed by atoms with Crippen molar-refractivity contribution in [1.29, 1.82) is 0 Å². The minimum absolute atomic E-state index is 0.132. The third-order valence-electron chi connectivity index (χ3n) is 3.44. The van der Waals surface area contributed by atoms with Crippen molar-refractivity contribution < 1.29 is 26.3 Å². The predicted octanol–water partition coefficient (Wildman–Crippen LogP) is 4.07. The maximum Gasteiger partial charge on any atom is 0.400 e. The van der Waals surface area contributed by atoms with Crippen molar-refractivity contribution in [2.75, 3.05) is 19.8 Å². The quantitative estimate of drug-likeness (QED) is 0.340. The number of ether oxygens (including phenoxy) is 2. The molecule has 0 aliphatic rings. The highest BCUT2D eigenvalue weighted by molar-refractivity contribution is 7.81. The van der Waals surface area contributed by atoms with Crippen LogP contribution < -0.4 is 4.74 Å². The summed E-state index contributed by atoms with van der Waals surface area (Å²) in [6, 6.07) is 9.02. The Morgan fingerprint density at radius 2 is 1.60 bits per heavy atom. The molecule has 0 spiro atoms. The maximum atomic E-state index is 11.8. The first kappa shape index (κ1) is 21.9. The zero-order chi connectivity index (χ0) is 18.4. The molecule has 6 nitrogen and oxygen atoms in total. The van der Waals surface area contributed by atoms with Gasteiger partial charge in [0.05, 0.1) is 6.61 Å². The van der Waals surface area contributed by atoms with Crippen molar-refractivity contribution in [3.8, 4) is 5.75 Å². The molecule has 0 aromatic heterocycles. The molecular formula is C18H30O6S. The Hall–Kier alpha value is -1.15. The van der Waals surface area contributed by atoms with Crippen LogP contribution in [0.5, 0.6) is 5.75 Å². The maximum absolute atomic E-state index is 11.8. The lowest BCUT2D eigenvalue weighted by atomic mass is 10.1. The predicted molar refractivity (Wildman–Crippen MR) is 96.7 cm³/mol. The van der Waals surface area contributed by atoms with Gasteiger partial charge in [-0.05, 0) is 25.5 Å². The topological polar surface area (TPSA) is 71.1 Å². The van der Waals surface area contributed by atoms with E-state index in [1.165, 1.54) is 19.3 Å². The highest BCUT2D eigenvalue weighted by Gasteiger charge is 2.18. The van der Waals surface area contributed by atoms with Crippen LogP contribution in [-0.2, 0) is 23.5 Å². The average Bonchev–Trinajstić information content (AvgIpc) is 2.60. The average molecular weight is 374 g/mol. The Labute approximate surface area is 151 Å². The Bertz CT molecular complexity index is 532. The van der Waals surface area contributed by atoms with Gasteiger partial charge in [-0.15, -0.1) is 0 Å². The standard InChI is InChI=1S/C18H30O6S/c1-3-5-6-7-8-12-15-22-25(19,20)23-16-18(21-4-2)24-17-13-10-9-11-14-17/h9-11,13-14,18H,3-8,12,15-16H2,1-2H3. The van der Waals surface area contributed by atoms with Crippen LogP contribution in [-0.4, -0.2) is 34.5 Å². The van der Waals surface area contributed by atoms with E-state index in [0.29, 0.717) is 18.8 Å². The molecule has 0 N–H and O–H groups in total. The zero-order valence-electron chi connectivity index (χ0n) is 15.2. The fourth-order valence-corrected chi connectivity index (χ4v) is 2.84. The first-order valence-electron chi connectivity index (χ1n) is 8.94. The zero-order valence-corrected chi connectivity index (χ0v) is 16.0. The van der Waals surface area contributed by atoms with Crippen LogP contribution in [0.25, 0.3) is 0 Å². The fourth-order valence-electron chi connectivity index (χ4n) is 2.17. The molecule has 0 aliphatic carbocycles. The number of rotatable bonds is 15. The van der Waals surface area contributed by atoms with Gasteiger partial charge in [-0.2, -0.15) is 8.42 Å². The highest BCUT2D eigenvalue weighted by Crippen LogP contribution is 2.13. The molecule has 1 aromatic carbocycles. The van der Waals surface area contributed by atoms with Gasteiger partial charge in [0.15, 0.2) is 0 Å². The summed E-state index contributed by atoms with van der Waals surface area (Å²) < 4.78 is 44.2. The molecule has 0 heterocycles. The van der Waals surface area contributed by atoms with Gasteiger partial charge < -0.3 is 9.47 Å². The number of unbranched alkanes of at least 4 members (excludes halogenated alkanes) is 5. The summed E-state index contributed by atoms with van der Waals surface area (Å²) in [5.74, 6) is 0.579. The van der Waals surface area contributed by atoms with Crippen LogP contribution in [0.15, 0.2) is 30.3 Å². The third-order valence-corrected chi connectivity index (χ3v) is 4.32. The van der Waals surface area contributed by atoms with Crippen LogP contribution >= 0.6 is 0 Å². The molecule has 0 saturated carbocycles. The van der Waals surface area contributed by atoms with Gasteiger partial charge in [0.25, 0.3) is 0 Å². The molecule has 0 aliphatic heterocycles. The van der Waals surface area contributed by atoms with Gasteiger partial charge in [0, 0.05) is 6.61 Å². The van der Waals surface area contributed by atoms with Crippen LogP contribution in [0.3, 0.4) is 0 Å². The lowest BCUT2D eigenvalue weighted by Gasteiger charge is -2.18. The summed E-state index contributed by atoms with van der Waals surface area (Å²) in [6.07, 6.45) is 5.49. The van der Waals surface area contributed by atoms with Gasteiger partial charge in [0.2, 0.25) is 6.29 Å². The number of benzene rings is 1. The number of hydrogen-bond donors (Lipinski definition) is 0. The summed E-state index contributed by atoms with van der Waals surface area (Å²) >= 11 is 0. The normalized spacial score (nSPS) is 12.9. The van der Waals surface area contributed by atoms with Gasteiger partial charge in [0.1, 0.15) is 12.4 Å². The van der Waals surface area contributed by atoms with Crippen LogP contribution in [0.2, 0.25) is 0 Å². The Balaban J connectivity index is 2.28. The number of para-hydroxylation sites is 1. The van der Waals surface area contributed by atoms with E-state index in [1.807, 2.05) is 18.2 Å². The second-order valence-electron chi connectivity index (χ2n) is 5.60. The van der Waals surface area contributed by atoms with Crippen molar-refractivity contribution in [2.24, 2.45) is 0 Å². The monoisotopic (exact) mass is 374 g/mol. The molecule has 0 bridgehead atoms. The van der Waals surface area contributed by atoms with E-state index in [0.717, 1.165) is 12.8 Å². The molecule has 7 heteroatoms. The van der Waals surface area contributed by atoms with Crippen LogP contribution in [0.1, 0.15) is 52.4 Å². The van der Waals surface area contributed by atoms with Gasteiger partial charge in [-0.3, -0.25) is 0 Å². The van der Waals surface area contributed by atoms with E-state index in [2.05, 4.69) is 6.92 Å². The first-order valence-corrected chi connectivity index (χ1v) is 10.3. The molecule has 0 saturated heterocycles. The summed E-state index contributed by atoms with van der Waals surface area (Å²) in [5, 5.41) is 0. The third kappa shape index (κ3) is 11.1. The molecule has 1 rings (SSSR count). The van der Waals surface area contributed by atoms with Gasteiger partial charge in [-0.1, -0.05) is 57.2 Å². The van der Waals surface area contributed by atoms with Crippen molar-refractivity contribution in [3.05, 3.63) is 30.3 Å². The molecule has 0 fully saturated rings. The number of hydrogen-bond acceptors (Lipinski definition) is 6. The molecule has 25 heavy (non-hydrogen) atoms. The molecular weight excluding hydrogens is 344 g/mol. The second-order valence-corrected chi connectivity index (χ2v) is 6.89. The van der Waals surface area contributed by atoms with E-state index in [9.17, 15) is 8.42 Å². The minimum Gasteiger partial charge on any atom is -0.462 e. The second kappa shape index (κ2) is 13.1. The van der Waals surface area contributed by atoms with Crippen molar-refractivity contribution in [1.82, 2.24) is 0 Å². The van der Waals surface area contributed by atoms with E-state index < -0.39 is 16.7 Å². The van der Waals surface area contributed by atoms with Crippen molar-refractivity contribution in [3.63, 3.8) is 0 Å². The van der Waals surface area contributed by atoms with Crippen LogP contribution in [0.4, 0.5) is 0 Å². The van der Waals surface area contributed by atoms with E-state index >= 15 is 0 Å². The van der Waals surface area contributed by atoms with Crippen LogP contribution in [0, 0.1) is 0 Å². The molecule has 0 radical (unpaired) electrons. The lowest BCUT2D eigenvalue weighted by Crippen LogP contribution is -2.28. The molecule has 1 aromatic rings. The Morgan fingerprint density at radius 3 is 2.28 bits per heavy atom. The van der Waals surface area contributed by atoms with E-state index in [4.69, 9.17) is 17.8 Å². The molecule has 144 valence electrons. The van der Waals surface area contributed by atoms with E-state index in [1.54, 1.807) is 19.1 Å². The largest absolute Gasteiger partial charge is 0.462 e. The van der Waals surface area contributed by atoms with Gasteiger partial charge in [-0.25, -0.2) is 8.37 Å². The summed E-state index contributed by atoms with van der Waals surface area (Å²) in [4.78, 5) is 0. The summed E-state index contributed by atoms with van der Waals surface area (Å²) in [7, 11) is -4.04. The minimum atomic E-state index is -4.04. The molecule has 1 unspecified atom stereocenters. The lowest BCUT2D eigenvalue weighted by molar-refractivity contribution is -0.0981. The summed E-state index contributed by atoms with van der Waals surface area (Å²) in [6.45, 7) is 4.20. The van der Waals surface area contributed by atoms with Gasteiger partial charge >= 0.3 is 10.4 Å². The first-order chi connectivity index (χ1) is 12.1.